The molecule has 122 valence electrons. The molecule has 1 aliphatic rings. The Bertz CT molecular complexity index is 947. The highest BCUT2D eigenvalue weighted by molar-refractivity contribution is 7.89. The molecule has 2 heterocycles. The molecule has 0 unspecified atom stereocenters. The average molecular weight is 339 g/mol. The van der Waals surface area contributed by atoms with Crippen molar-refractivity contribution in [1.29, 1.82) is 0 Å². The first-order valence-corrected chi connectivity index (χ1v) is 9.25. The van der Waals surface area contributed by atoms with Gasteiger partial charge in [0.25, 0.3) is 0 Å². The first-order chi connectivity index (χ1) is 11.6. The van der Waals surface area contributed by atoms with Gasteiger partial charge in [-0.1, -0.05) is 42.5 Å². The molecule has 24 heavy (non-hydrogen) atoms. The molecule has 0 saturated heterocycles. The number of hydrogen-bond donors (Lipinski definition) is 1. The lowest BCUT2D eigenvalue weighted by atomic mass is 10.1. The van der Waals surface area contributed by atoms with E-state index < -0.39 is 10.0 Å². The Balaban J connectivity index is 1.61. The van der Waals surface area contributed by atoms with E-state index in [4.69, 9.17) is 0 Å². The second-order valence-electron chi connectivity index (χ2n) is 5.81. The molecule has 2 aromatic carbocycles. The second kappa shape index (κ2) is 5.89. The molecular weight excluding hydrogens is 322 g/mol. The number of sulfonamides is 1. The van der Waals surface area contributed by atoms with Crippen LogP contribution in [0.5, 0.6) is 0 Å². The SMILES string of the molecule is O=S(=O)(c1ccc(-c2ccccc2)cc1)N1CCc2nc[nH]c2C1. The Morgan fingerprint density at radius 3 is 2.42 bits per heavy atom. The second-order valence-corrected chi connectivity index (χ2v) is 7.74. The first-order valence-electron chi connectivity index (χ1n) is 7.81. The van der Waals surface area contributed by atoms with Gasteiger partial charge in [-0.05, 0) is 23.3 Å². The highest BCUT2D eigenvalue weighted by Crippen LogP contribution is 2.25. The van der Waals surface area contributed by atoms with Gasteiger partial charge in [0.15, 0.2) is 0 Å². The van der Waals surface area contributed by atoms with Crippen LogP contribution in [-0.2, 0) is 23.0 Å². The van der Waals surface area contributed by atoms with Crippen LogP contribution < -0.4 is 0 Å². The standard InChI is InChI=1S/C18H17N3O2S/c22-24(23,21-11-10-17-18(12-21)20-13-19-17)16-8-6-15(7-9-16)14-4-2-1-3-5-14/h1-9,13H,10-12H2,(H,19,20). The van der Waals surface area contributed by atoms with Crippen LogP contribution in [0, 0.1) is 0 Å². The number of nitrogens with zero attached hydrogens (tertiary/aromatic N) is 2. The fourth-order valence-corrected chi connectivity index (χ4v) is 4.40. The zero-order valence-corrected chi connectivity index (χ0v) is 13.8. The highest BCUT2D eigenvalue weighted by Gasteiger charge is 2.29. The Labute approximate surface area is 141 Å². The first kappa shape index (κ1) is 15.1. The predicted octanol–water partition coefficient (Wildman–Crippen LogP) is 2.82. The fourth-order valence-electron chi connectivity index (χ4n) is 2.99. The summed E-state index contributed by atoms with van der Waals surface area (Å²) in [5.41, 5.74) is 3.91. The molecule has 3 aromatic rings. The van der Waals surface area contributed by atoms with E-state index in [-0.39, 0.29) is 0 Å². The zero-order valence-electron chi connectivity index (χ0n) is 13.0. The molecule has 0 radical (unpaired) electrons. The Morgan fingerprint density at radius 1 is 0.958 bits per heavy atom. The monoisotopic (exact) mass is 339 g/mol. The van der Waals surface area contributed by atoms with Gasteiger partial charge in [0, 0.05) is 13.0 Å². The molecule has 4 rings (SSSR count). The molecule has 0 aliphatic carbocycles. The summed E-state index contributed by atoms with van der Waals surface area (Å²) in [4.78, 5) is 7.56. The quantitative estimate of drug-likeness (QED) is 0.798. The molecule has 0 fully saturated rings. The minimum absolute atomic E-state index is 0.324. The van der Waals surface area contributed by atoms with Crippen molar-refractivity contribution < 1.29 is 8.42 Å². The van der Waals surface area contributed by atoms with Gasteiger partial charge in [-0.25, -0.2) is 13.4 Å². The molecule has 0 amide bonds. The van der Waals surface area contributed by atoms with Crippen molar-refractivity contribution in [3.05, 3.63) is 72.3 Å². The van der Waals surface area contributed by atoms with Crippen LogP contribution in [0.25, 0.3) is 11.1 Å². The lowest BCUT2D eigenvalue weighted by Crippen LogP contribution is -2.36. The van der Waals surface area contributed by atoms with E-state index in [1.54, 1.807) is 18.5 Å². The van der Waals surface area contributed by atoms with Gasteiger partial charge in [-0.3, -0.25) is 0 Å². The number of hydrogen-bond acceptors (Lipinski definition) is 3. The third-order valence-electron chi connectivity index (χ3n) is 4.34. The predicted molar refractivity (Wildman–Crippen MR) is 91.8 cm³/mol. The van der Waals surface area contributed by atoms with E-state index in [2.05, 4.69) is 9.97 Å². The summed E-state index contributed by atoms with van der Waals surface area (Å²) in [5.74, 6) is 0. The summed E-state index contributed by atoms with van der Waals surface area (Å²) in [7, 11) is -3.50. The topological polar surface area (TPSA) is 66.1 Å². The summed E-state index contributed by atoms with van der Waals surface area (Å²) < 4.78 is 27.2. The molecule has 0 atom stereocenters. The van der Waals surface area contributed by atoms with Crippen LogP contribution in [0.15, 0.2) is 65.8 Å². The maximum Gasteiger partial charge on any atom is 0.243 e. The van der Waals surface area contributed by atoms with Gasteiger partial charge in [0.05, 0.1) is 29.2 Å². The maximum absolute atomic E-state index is 12.9. The minimum atomic E-state index is -3.50. The summed E-state index contributed by atoms with van der Waals surface area (Å²) in [6.07, 6.45) is 2.26. The van der Waals surface area contributed by atoms with E-state index in [0.29, 0.717) is 24.4 Å². The minimum Gasteiger partial charge on any atom is -0.347 e. The number of aromatic nitrogens is 2. The number of H-pyrrole nitrogens is 1. The number of benzene rings is 2. The van der Waals surface area contributed by atoms with Gasteiger partial charge in [-0.2, -0.15) is 4.31 Å². The third-order valence-corrected chi connectivity index (χ3v) is 6.20. The van der Waals surface area contributed by atoms with Crippen LogP contribution in [0.2, 0.25) is 0 Å². The molecule has 0 bridgehead atoms. The molecule has 5 nitrogen and oxygen atoms in total. The van der Waals surface area contributed by atoms with Gasteiger partial charge < -0.3 is 4.98 Å². The van der Waals surface area contributed by atoms with Crippen molar-refractivity contribution in [2.24, 2.45) is 0 Å². The summed E-state index contributed by atoms with van der Waals surface area (Å²) in [6.45, 7) is 0.804. The lowest BCUT2D eigenvalue weighted by molar-refractivity contribution is 0.385. The Kier molecular flexibility index (Phi) is 3.70. The van der Waals surface area contributed by atoms with E-state index in [0.717, 1.165) is 22.5 Å². The lowest BCUT2D eigenvalue weighted by Gasteiger charge is -2.25. The van der Waals surface area contributed by atoms with Crippen molar-refractivity contribution in [3.8, 4) is 11.1 Å². The van der Waals surface area contributed by atoms with Crippen molar-refractivity contribution in [3.63, 3.8) is 0 Å². The van der Waals surface area contributed by atoms with Gasteiger partial charge in [0.1, 0.15) is 0 Å². The van der Waals surface area contributed by atoms with E-state index >= 15 is 0 Å². The number of nitrogens with one attached hydrogen (secondary N) is 1. The van der Waals surface area contributed by atoms with Crippen LogP contribution in [0.1, 0.15) is 11.4 Å². The summed E-state index contributed by atoms with van der Waals surface area (Å²) in [5, 5.41) is 0. The van der Waals surface area contributed by atoms with Crippen LogP contribution in [0.4, 0.5) is 0 Å². The smallest absolute Gasteiger partial charge is 0.243 e. The molecular formula is C18H17N3O2S. The van der Waals surface area contributed by atoms with Crippen molar-refractivity contribution in [1.82, 2.24) is 14.3 Å². The van der Waals surface area contributed by atoms with E-state index in [9.17, 15) is 8.42 Å². The van der Waals surface area contributed by atoms with Crippen LogP contribution >= 0.6 is 0 Å². The number of rotatable bonds is 3. The van der Waals surface area contributed by atoms with Crippen molar-refractivity contribution in [2.75, 3.05) is 6.54 Å². The normalized spacial score (nSPS) is 15.2. The van der Waals surface area contributed by atoms with Gasteiger partial charge >= 0.3 is 0 Å². The van der Waals surface area contributed by atoms with Crippen LogP contribution in [0.3, 0.4) is 0 Å². The largest absolute Gasteiger partial charge is 0.347 e. The van der Waals surface area contributed by atoms with E-state index in [1.165, 1.54) is 4.31 Å². The maximum atomic E-state index is 12.9. The molecule has 6 heteroatoms. The summed E-state index contributed by atoms with van der Waals surface area (Å²) in [6, 6.07) is 17.0. The average Bonchev–Trinajstić information content (AvgIpc) is 3.10. The van der Waals surface area contributed by atoms with E-state index in [1.807, 2.05) is 42.5 Å². The van der Waals surface area contributed by atoms with Gasteiger partial charge in [0.2, 0.25) is 10.0 Å². The Hall–Kier alpha value is -2.44. The number of fused-ring (bicyclic) bond motifs is 1. The third kappa shape index (κ3) is 2.64. The molecule has 1 aromatic heterocycles. The van der Waals surface area contributed by atoms with Crippen molar-refractivity contribution in [2.45, 2.75) is 17.9 Å². The highest BCUT2D eigenvalue weighted by atomic mass is 32.2. The van der Waals surface area contributed by atoms with Crippen molar-refractivity contribution >= 4 is 10.0 Å². The summed E-state index contributed by atoms with van der Waals surface area (Å²) >= 11 is 0. The zero-order chi connectivity index (χ0) is 16.6. The Morgan fingerprint density at radius 2 is 1.67 bits per heavy atom. The molecule has 0 spiro atoms. The van der Waals surface area contributed by atoms with Gasteiger partial charge in [-0.15, -0.1) is 0 Å². The number of aromatic amines is 1. The molecule has 0 saturated carbocycles. The number of imidazole rings is 1. The molecule has 1 aliphatic heterocycles. The van der Waals surface area contributed by atoms with Crippen LogP contribution in [-0.4, -0.2) is 29.2 Å². The molecule has 1 N–H and O–H groups in total. The fraction of sp³-hybridized carbons (Fsp3) is 0.167.